The predicted octanol–water partition coefficient (Wildman–Crippen LogP) is 3.01. The third-order valence-electron chi connectivity index (χ3n) is 2.70. The van der Waals surface area contributed by atoms with Crippen molar-refractivity contribution >= 4 is 23.4 Å². The van der Waals surface area contributed by atoms with Crippen molar-refractivity contribution in [3.05, 3.63) is 58.1 Å². The fraction of sp³-hybridized carbons (Fsp3) is 0.0769. The smallest absolute Gasteiger partial charge is 0.0385 e. The summed E-state index contributed by atoms with van der Waals surface area (Å²) in [6, 6.07) is 8.41. The zero-order chi connectivity index (χ0) is 10.3. The van der Waals surface area contributed by atoms with E-state index in [1.54, 1.807) is 0 Å². The quantitative estimate of drug-likeness (QED) is 0.717. The molecule has 1 aliphatic heterocycles. The van der Waals surface area contributed by atoms with E-state index in [0.29, 0.717) is 0 Å². The van der Waals surface area contributed by atoms with Crippen molar-refractivity contribution in [2.75, 3.05) is 5.75 Å². The Hall–Kier alpha value is -1.41. The maximum absolute atomic E-state index is 6.06. The van der Waals surface area contributed by atoms with Gasteiger partial charge in [0.25, 0.3) is 0 Å². The molecule has 1 aromatic carbocycles. The first kappa shape index (κ1) is 8.86. The Morgan fingerprint density at radius 3 is 3.00 bits per heavy atom. The zero-order valence-electron chi connectivity index (χ0n) is 8.23. The zero-order valence-corrected chi connectivity index (χ0v) is 9.05. The van der Waals surface area contributed by atoms with E-state index in [9.17, 15) is 0 Å². The molecule has 0 unspecified atom stereocenters. The van der Waals surface area contributed by atoms with Crippen molar-refractivity contribution in [2.24, 2.45) is 5.73 Å². The summed E-state index contributed by atoms with van der Waals surface area (Å²) in [4.78, 5) is 1.30. The van der Waals surface area contributed by atoms with Gasteiger partial charge < -0.3 is 5.73 Å². The van der Waals surface area contributed by atoms with E-state index in [1.165, 1.54) is 21.6 Å². The molecule has 1 heterocycles. The highest BCUT2D eigenvalue weighted by Gasteiger charge is 2.21. The van der Waals surface area contributed by atoms with E-state index in [2.05, 4.69) is 42.5 Å². The highest BCUT2D eigenvalue weighted by Crippen LogP contribution is 2.42. The SMILES string of the molecule is NC1=C2C(=CC=Cc3ccccc32)SC1. The molecule has 3 rings (SSSR count). The number of rotatable bonds is 0. The van der Waals surface area contributed by atoms with Crippen LogP contribution in [0, 0.1) is 0 Å². The molecule has 1 aromatic rings. The average molecular weight is 213 g/mol. The normalized spacial score (nSPS) is 18.3. The first-order valence-electron chi connectivity index (χ1n) is 4.96. The van der Waals surface area contributed by atoms with Crippen LogP contribution in [-0.4, -0.2) is 5.75 Å². The van der Waals surface area contributed by atoms with Crippen molar-refractivity contribution in [3.8, 4) is 0 Å². The van der Waals surface area contributed by atoms with Gasteiger partial charge in [0.2, 0.25) is 0 Å². The van der Waals surface area contributed by atoms with Crippen LogP contribution in [0.1, 0.15) is 11.1 Å². The second-order valence-electron chi connectivity index (χ2n) is 3.67. The van der Waals surface area contributed by atoms with Gasteiger partial charge >= 0.3 is 0 Å². The highest BCUT2D eigenvalue weighted by molar-refractivity contribution is 8.04. The first-order valence-corrected chi connectivity index (χ1v) is 5.94. The monoisotopic (exact) mass is 213 g/mol. The maximum atomic E-state index is 6.06. The van der Waals surface area contributed by atoms with Gasteiger partial charge in [0, 0.05) is 21.9 Å². The number of thioether (sulfide) groups is 1. The molecule has 0 amide bonds. The first-order chi connectivity index (χ1) is 7.36. The van der Waals surface area contributed by atoms with Crippen LogP contribution in [-0.2, 0) is 0 Å². The van der Waals surface area contributed by atoms with Crippen molar-refractivity contribution in [3.63, 3.8) is 0 Å². The van der Waals surface area contributed by atoms with Crippen LogP contribution in [0.25, 0.3) is 11.6 Å². The molecule has 15 heavy (non-hydrogen) atoms. The van der Waals surface area contributed by atoms with Crippen LogP contribution in [0.3, 0.4) is 0 Å². The Morgan fingerprint density at radius 2 is 2.07 bits per heavy atom. The molecule has 0 bridgehead atoms. The Morgan fingerprint density at radius 1 is 1.20 bits per heavy atom. The number of hydrogen-bond acceptors (Lipinski definition) is 2. The molecule has 0 radical (unpaired) electrons. The summed E-state index contributed by atoms with van der Waals surface area (Å²) in [5, 5.41) is 0. The Balaban J connectivity index is 2.30. The molecule has 0 atom stereocenters. The highest BCUT2D eigenvalue weighted by atomic mass is 32.2. The summed E-state index contributed by atoms with van der Waals surface area (Å²) in [5.74, 6) is 0.920. The molecule has 0 fully saturated rings. The second-order valence-corrected chi connectivity index (χ2v) is 4.68. The lowest BCUT2D eigenvalue weighted by Gasteiger charge is -2.07. The summed E-state index contributed by atoms with van der Waals surface area (Å²) in [5.41, 5.74) is 10.8. The third kappa shape index (κ3) is 1.33. The molecule has 0 aromatic heterocycles. The van der Waals surface area contributed by atoms with Crippen molar-refractivity contribution in [1.82, 2.24) is 0 Å². The van der Waals surface area contributed by atoms with Crippen LogP contribution in [0.15, 0.2) is 47.0 Å². The summed E-state index contributed by atoms with van der Waals surface area (Å²) in [7, 11) is 0. The lowest BCUT2D eigenvalue weighted by atomic mass is 9.99. The van der Waals surface area contributed by atoms with Gasteiger partial charge in [-0.2, -0.15) is 0 Å². The number of allylic oxidation sites excluding steroid dienone is 3. The molecular weight excluding hydrogens is 202 g/mol. The standard InChI is InChI=1S/C13H11NS/c14-11-8-15-12-7-3-5-9-4-1-2-6-10(9)13(11)12/h1-7H,8,14H2. The van der Waals surface area contributed by atoms with Crippen LogP contribution in [0.2, 0.25) is 0 Å². The van der Waals surface area contributed by atoms with Gasteiger partial charge in [0.05, 0.1) is 0 Å². The van der Waals surface area contributed by atoms with Crippen molar-refractivity contribution < 1.29 is 0 Å². The van der Waals surface area contributed by atoms with E-state index in [-0.39, 0.29) is 0 Å². The van der Waals surface area contributed by atoms with E-state index in [1.807, 2.05) is 11.8 Å². The molecule has 1 aliphatic carbocycles. The Labute approximate surface area is 93.4 Å². The van der Waals surface area contributed by atoms with E-state index < -0.39 is 0 Å². The van der Waals surface area contributed by atoms with Gasteiger partial charge in [-0.15, -0.1) is 11.8 Å². The van der Waals surface area contributed by atoms with E-state index in [0.717, 1.165) is 11.4 Å². The minimum absolute atomic E-state index is 0.920. The van der Waals surface area contributed by atoms with Gasteiger partial charge in [-0.3, -0.25) is 0 Å². The fourth-order valence-corrected chi connectivity index (χ4v) is 3.02. The second kappa shape index (κ2) is 3.31. The number of fused-ring (bicyclic) bond motifs is 3. The van der Waals surface area contributed by atoms with E-state index in [4.69, 9.17) is 5.73 Å². The molecule has 0 saturated carbocycles. The predicted molar refractivity (Wildman–Crippen MR) is 67.1 cm³/mol. The summed E-state index contributed by atoms with van der Waals surface area (Å²) < 4.78 is 0. The maximum Gasteiger partial charge on any atom is 0.0385 e. The minimum atomic E-state index is 0.920. The molecule has 0 saturated heterocycles. The van der Waals surface area contributed by atoms with Crippen molar-refractivity contribution in [2.45, 2.75) is 0 Å². The lowest BCUT2D eigenvalue weighted by molar-refractivity contribution is 1.35. The Kier molecular flexibility index (Phi) is 1.96. The van der Waals surface area contributed by atoms with Crippen LogP contribution < -0.4 is 5.73 Å². The summed E-state index contributed by atoms with van der Waals surface area (Å²) in [6.07, 6.45) is 6.40. The van der Waals surface area contributed by atoms with Crippen LogP contribution >= 0.6 is 11.8 Å². The molecular formula is C13H11NS. The third-order valence-corrected chi connectivity index (χ3v) is 3.81. The van der Waals surface area contributed by atoms with Gasteiger partial charge in [-0.1, -0.05) is 36.4 Å². The van der Waals surface area contributed by atoms with Gasteiger partial charge in [-0.25, -0.2) is 0 Å². The van der Waals surface area contributed by atoms with Crippen LogP contribution in [0.5, 0.6) is 0 Å². The number of benzene rings is 1. The Bertz CT molecular complexity index is 509. The molecule has 2 aliphatic rings. The van der Waals surface area contributed by atoms with E-state index >= 15 is 0 Å². The van der Waals surface area contributed by atoms with Gasteiger partial charge in [0.15, 0.2) is 0 Å². The average Bonchev–Trinajstić information content (AvgIpc) is 2.52. The minimum Gasteiger partial charge on any atom is -0.401 e. The van der Waals surface area contributed by atoms with Crippen molar-refractivity contribution in [1.29, 1.82) is 0 Å². The number of hydrogen-bond donors (Lipinski definition) is 1. The summed E-state index contributed by atoms with van der Waals surface area (Å²) in [6.45, 7) is 0. The molecule has 2 N–H and O–H groups in total. The largest absolute Gasteiger partial charge is 0.401 e. The van der Waals surface area contributed by atoms with Gasteiger partial charge in [-0.05, 0) is 17.2 Å². The topological polar surface area (TPSA) is 26.0 Å². The molecule has 2 heteroatoms. The molecule has 0 spiro atoms. The van der Waals surface area contributed by atoms with Crippen LogP contribution in [0.4, 0.5) is 0 Å². The molecule has 74 valence electrons. The number of nitrogens with two attached hydrogens (primary N) is 1. The molecule has 1 nitrogen and oxygen atoms in total. The fourth-order valence-electron chi connectivity index (χ4n) is 2.00. The summed E-state index contributed by atoms with van der Waals surface area (Å²) >= 11 is 1.82. The lowest BCUT2D eigenvalue weighted by Crippen LogP contribution is -1.99. The van der Waals surface area contributed by atoms with Gasteiger partial charge in [0.1, 0.15) is 0 Å².